The Bertz CT molecular complexity index is 1010. The molecule has 7 heteroatoms. The van der Waals surface area contributed by atoms with Gasteiger partial charge in [-0.1, -0.05) is 24.3 Å². The normalized spacial score (nSPS) is 10.4. The summed E-state index contributed by atoms with van der Waals surface area (Å²) in [6.07, 6.45) is 0. The third-order valence-corrected chi connectivity index (χ3v) is 4.31. The van der Waals surface area contributed by atoms with E-state index < -0.39 is 0 Å². The van der Waals surface area contributed by atoms with Gasteiger partial charge in [-0.3, -0.25) is 10.1 Å². The van der Waals surface area contributed by atoms with Crippen LogP contribution in [-0.4, -0.2) is 23.2 Å². The number of carbonyl (C=O) groups is 1. The number of aliphatic hydroxyl groups is 1. The number of methoxy groups -OCH3 is 1. The van der Waals surface area contributed by atoms with Crippen LogP contribution >= 0.6 is 12.2 Å². The van der Waals surface area contributed by atoms with Crippen molar-refractivity contribution in [3.63, 3.8) is 0 Å². The van der Waals surface area contributed by atoms with Gasteiger partial charge < -0.3 is 19.6 Å². The largest absolute Gasteiger partial charge is 0.496 e. The fourth-order valence-corrected chi connectivity index (χ4v) is 3.01. The van der Waals surface area contributed by atoms with E-state index in [9.17, 15) is 4.79 Å². The first-order valence-electron chi connectivity index (χ1n) is 8.57. The van der Waals surface area contributed by atoms with Crippen molar-refractivity contribution < 1.29 is 19.1 Å². The summed E-state index contributed by atoms with van der Waals surface area (Å²) in [4.78, 5) is 12.5. The molecule has 1 heterocycles. The number of thiocarbonyl (C=S) groups is 1. The summed E-state index contributed by atoms with van der Waals surface area (Å²) in [5, 5.41) is 15.0. The van der Waals surface area contributed by atoms with Gasteiger partial charge in [-0.25, -0.2) is 0 Å². The third-order valence-electron chi connectivity index (χ3n) is 4.11. The minimum absolute atomic E-state index is 0.156. The van der Waals surface area contributed by atoms with E-state index in [4.69, 9.17) is 26.5 Å². The number of rotatable bonds is 5. The Morgan fingerprint density at radius 2 is 1.96 bits per heavy atom. The zero-order valence-corrected chi connectivity index (χ0v) is 16.3. The Labute approximate surface area is 168 Å². The summed E-state index contributed by atoms with van der Waals surface area (Å²) in [5.41, 5.74) is 2.79. The SMILES string of the molecule is COc1c(C)cccc1C(=O)NC(=S)Nc1cccc(-c2ccc(CO)o2)c1. The van der Waals surface area contributed by atoms with Crippen LogP contribution in [0.1, 0.15) is 21.7 Å². The Morgan fingerprint density at radius 1 is 1.18 bits per heavy atom. The molecule has 0 fully saturated rings. The van der Waals surface area contributed by atoms with E-state index in [-0.39, 0.29) is 17.6 Å². The topological polar surface area (TPSA) is 83.7 Å². The van der Waals surface area contributed by atoms with Crippen molar-refractivity contribution in [2.75, 3.05) is 12.4 Å². The zero-order chi connectivity index (χ0) is 20.1. The van der Waals surface area contributed by atoms with Gasteiger partial charge in [0.2, 0.25) is 0 Å². The number of nitrogens with one attached hydrogen (secondary N) is 2. The average molecular weight is 396 g/mol. The highest BCUT2D eigenvalue weighted by molar-refractivity contribution is 7.80. The second-order valence-electron chi connectivity index (χ2n) is 6.07. The Balaban J connectivity index is 1.71. The van der Waals surface area contributed by atoms with Gasteiger partial charge in [0.15, 0.2) is 5.11 Å². The molecule has 0 spiro atoms. The third kappa shape index (κ3) is 4.39. The van der Waals surface area contributed by atoms with Crippen molar-refractivity contribution in [2.24, 2.45) is 0 Å². The molecule has 0 aliphatic carbocycles. The van der Waals surface area contributed by atoms with Crippen molar-refractivity contribution in [1.29, 1.82) is 0 Å². The Kier molecular flexibility index (Phi) is 6.08. The fraction of sp³-hybridized carbons (Fsp3) is 0.143. The van der Waals surface area contributed by atoms with Gasteiger partial charge in [0.25, 0.3) is 5.91 Å². The molecule has 1 aromatic heterocycles. The van der Waals surface area contributed by atoms with E-state index in [0.717, 1.165) is 11.1 Å². The number of carbonyl (C=O) groups excluding carboxylic acids is 1. The van der Waals surface area contributed by atoms with Crippen LogP contribution in [0, 0.1) is 6.92 Å². The summed E-state index contributed by atoms with van der Waals surface area (Å²) in [6, 6.07) is 16.2. The maximum atomic E-state index is 12.5. The van der Waals surface area contributed by atoms with E-state index in [1.54, 1.807) is 24.3 Å². The van der Waals surface area contributed by atoms with Crippen molar-refractivity contribution in [3.05, 3.63) is 71.5 Å². The molecule has 3 aromatic rings. The molecule has 2 aromatic carbocycles. The second kappa shape index (κ2) is 8.69. The van der Waals surface area contributed by atoms with Crippen LogP contribution in [0.25, 0.3) is 11.3 Å². The van der Waals surface area contributed by atoms with Crippen LogP contribution in [0.3, 0.4) is 0 Å². The highest BCUT2D eigenvalue weighted by atomic mass is 32.1. The van der Waals surface area contributed by atoms with Gasteiger partial charge >= 0.3 is 0 Å². The minimum atomic E-state index is -0.354. The van der Waals surface area contributed by atoms with E-state index in [2.05, 4.69) is 10.6 Å². The molecule has 1 amide bonds. The van der Waals surface area contributed by atoms with E-state index >= 15 is 0 Å². The highest BCUT2D eigenvalue weighted by Crippen LogP contribution is 2.25. The lowest BCUT2D eigenvalue weighted by molar-refractivity contribution is 0.0974. The number of furan rings is 1. The summed E-state index contributed by atoms with van der Waals surface area (Å²) in [6.45, 7) is 1.71. The maximum Gasteiger partial charge on any atom is 0.261 e. The van der Waals surface area contributed by atoms with Crippen molar-refractivity contribution in [3.8, 4) is 17.1 Å². The number of hydrogen-bond donors (Lipinski definition) is 3. The predicted octanol–water partition coefficient (Wildman–Crippen LogP) is 3.88. The first kappa shape index (κ1) is 19.6. The molecule has 0 saturated carbocycles. The lowest BCUT2D eigenvalue weighted by Gasteiger charge is -2.13. The molecule has 0 unspecified atom stereocenters. The van der Waals surface area contributed by atoms with Gasteiger partial charge in [-0.05, 0) is 55.0 Å². The molecule has 3 rings (SSSR count). The smallest absolute Gasteiger partial charge is 0.261 e. The van der Waals surface area contributed by atoms with Crippen molar-refractivity contribution >= 4 is 28.9 Å². The van der Waals surface area contributed by atoms with Gasteiger partial charge in [-0.15, -0.1) is 0 Å². The number of benzene rings is 2. The molecule has 144 valence electrons. The summed E-state index contributed by atoms with van der Waals surface area (Å²) in [7, 11) is 1.53. The van der Waals surface area contributed by atoms with Gasteiger partial charge in [0.05, 0.1) is 12.7 Å². The van der Waals surface area contributed by atoms with Crippen molar-refractivity contribution in [1.82, 2.24) is 5.32 Å². The lowest BCUT2D eigenvalue weighted by Crippen LogP contribution is -2.34. The molecule has 0 radical (unpaired) electrons. The number of anilines is 1. The van der Waals surface area contributed by atoms with Crippen LogP contribution in [0.5, 0.6) is 5.75 Å². The van der Waals surface area contributed by atoms with Crippen LogP contribution in [0.2, 0.25) is 0 Å². The Morgan fingerprint density at radius 3 is 2.68 bits per heavy atom. The standard InChI is InChI=1S/C21H20N2O4S/c1-13-5-3-8-17(19(13)26-2)20(25)23-21(28)22-15-7-4-6-14(11-15)18-10-9-16(12-24)27-18/h3-11,24H,12H2,1-2H3,(H2,22,23,25,28). The van der Waals surface area contributed by atoms with Gasteiger partial charge in [0.1, 0.15) is 23.9 Å². The number of hydrogen-bond acceptors (Lipinski definition) is 5. The van der Waals surface area contributed by atoms with E-state index in [0.29, 0.717) is 28.5 Å². The first-order valence-corrected chi connectivity index (χ1v) is 8.98. The van der Waals surface area contributed by atoms with E-state index in [1.807, 2.05) is 37.3 Å². The molecule has 0 atom stereocenters. The number of amides is 1. The van der Waals surface area contributed by atoms with Gasteiger partial charge in [0, 0.05) is 11.3 Å². The monoisotopic (exact) mass is 396 g/mol. The van der Waals surface area contributed by atoms with Crippen LogP contribution in [0.4, 0.5) is 5.69 Å². The molecule has 28 heavy (non-hydrogen) atoms. The fourth-order valence-electron chi connectivity index (χ4n) is 2.80. The molecule has 0 bridgehead atoms. The molecule has 3 N–H and O–H groups in total. The molecule has 0 saturated heterocycles. The first-order chi connectivity index (χ1) is 13.5. The lowest BCUT2D eigenvalue weighted by atomic mass is 10.1. The molecular formula is C21H20N2O4S. The maximum absolute atomic E-state index is 12.5. The highest BCUT2D eigenvalue weighted by Gasteiger charge is 2.15. The van der Waals surface area contributed by atoms with Crippen LogP contribution < -0.4 is 15.4 Å². The quantitative estimate of drug-likeness (QED) is 0.568. The predicted molar refractivity (Wildman–Crippen MR) is 111 cm³/mol. The number of aryl methyl sites for hydroxylation is 1. The van der Waals surface area contributed by atoms with Crippen LogP contribution in [-0.2, 0) is 6.61 Å². The molecule has 6 nitrogen and oxygen atoms in total. The van der Waals surface area contributed by atoms with E-state index in [1.165, 1.54) is 7.11 Å². The molecule has 0 aliphatic rings. The van der Waals surface area contributed by atoms with Crippen molar-refractivity contribution in [2.45, 2.75) is 13.5 Å². The minimum Gasteiger partial charge on any atom is -0.496 e. The number of para-hydroxylation sites is 1. The summed E-state index contributed by atoms with van der Waals surface area (Å²) >= 11 is 5.27. The zero-order valence-electron chi connectivity index (χ0n) is 15.5. The summed E-state index contributed by atoms with van der Waals surface area (Å²) in [5.74, 6) is 1.28. The molecular weight excluding hydrogens is 376 g/mol. The number of ether oxygens (including phenoxy) is 1. The summed E-state index contributed by atoms with van der Waals surface area (Å²) < 4.78 is 10.9. The average Bonchev–Trinajstić information content (AvgIpc) is 3.17. The second-order valence-corrected chi connectivity index (χ2v) is 6.48. The molecule has 0 aliphatic heterocycles. The Hall–Kier alpha value is -3.16. The van der Waals surface area contributed by atoms with Gasteiger partial charge in [-0.2, -0.15) is 0 Å². The van der Waals surface area contributed by atoms with Crippen LogP contribution in [0.15, 0.2) is 59.0 Å². The number of aliphatic hydroxyl groups excluding tert-OH is 1.